The van der Waals surface area contributed by atoms with Crippen molar-refractivity contribution in [2.45, 2.75) is 272 Å². The van der Waals surface area contributed by atoms with Crippen molar-refractivity contribution in [2.75, 3.05) is 71.0 Å². The van der Waals surface area contributed by atoms with Gasteiger partial charge in [-0.25, -0.2) is 4.79 Å². The van der Waals surface area contributed by atoms with Crippen LogP contribution in [0.25, 0.3) is 0 Å². The maximum atomic E-state index is 15.1. The molecule has 0 radical (unpaired) electrons. The number of unbranched alkanes of at least 4 members (excludes halogenated alkanes) is 2. The number of aliphatic hydroxyl groups excluding tert-OH is 1. The van der Waals surface area contributed by atoms with Crippen LogP contribution in [-0.2, 0) is 89.6 Å². The summed E-state index contributed by atoms with van der Waals surface area (Å²) < 4.78 is 0. The molecular formula is C86H137N23O19S. The molecule has 0 unspecified atom stereocenters. The van der Waals surface area contributed by atoms with Crippen LogP contribution in [0.15, 0.2) is 70.6 Å². The number of carboxylic acids is 2. The number of carbonyl (C=O) groups is 16. The number of rotatable bonds is 56. The van der Waals surface area contributed by atoms with Crippen LogP contribution < -0.4 is 98.2 Å². The van der Waals surface area contributed by atoms with E-state index >= 15 is 4.79 Å². The van der Waals surface area contributed by atoms with Crippen molar-refractivity contribution in [3.05, 3.63) is 71.8 Å². The van der Waals surface area contributed by atoms with E-state index in [1.807, 2.05) is 6.26 Å². The molecule has 4 fully saturated rings. The maximum absolute atomic E-state index is 15.1. The van der Waals surface area contributed by atoms with Gasteiger partial charge in [0, 0.05) is 45.6 Å². The van der Waals surface area contributed by atoms with Crippen LogP contribution in [0.5, 0.6) is 0 Å². The lowest BCUT2D eigenvalue weighted by molar-refractivity contribution is -0.152. The summed E-state index contributed by atoms with van der Waals surface area (Å²) in [6, 6.07) is -3.29. The molecule has 129 heavy (non-hydrogen) atoms. The predicted molar refractivity (Wildman–Crippen MR) is 481 cm³/mol. The lowest BCUT2D eigenvalue weighted by atomic mass is 10.00. The number of aliphatic hydroxyl groups is 1. The van der Waals surface area contributed by atoms with Crippen molar-refractivity contribution in [1.82, 2.24) is 78.5 Å². The van der Waals surface area contributed by atoms with Gasteiger partial charge in [0.05, 0.1) is 19.1 Å². The lowest BCUT2D eigenvalue weighted by Gasteiger charge is -2.33. The summed E-state index contributed by atoms with van der Waals surface area (Å²) in [4.78, 5) is 240. The summed E-state index contributed by atoms with van der Waals surface area (Å²) in [5.74, 6) is -14.9. The minimum Gasteiger partial charge on any atom is -0.481 e. The van der Waals surface area contributed by atoms with Gasteiger partial charge in [0.25, 0.3) is 0 Å². The lowest BCUT2D eigenvalue weighted by Crippen LogP contribution is -2.61. The van der Waals surface area contributed by atoms with E-state index in [2.05, 4.69) is 73.8 Å². The first-order valence-corrected chi connectivity index (χ1v) is 46.1. The average Bonchev–Trinajstić information content (AvgIpc) is 1.66. The topological polar surface area (TPSA) is 669 Å². The number of carboxylic acid groups (broad SMARTS) is 2. The number of aliphatic carboxylic acids is 2. The van der Waals surface area contributed by atoms with E-state index in [1.165, 1.54) is 21.6 Å². The van der Waals surface area contributed by atoms with Crippen molar-refractivity contribution >= 4 is 118 Å². The Kier molecular flexibility index (Phi) is 45.8. The summed E-state index contributed by atoms with van der Waals surface area (Å²) in [5.41, 5.74) is 35.3. The number of aliphatic imine (C=N–C) groups is 2. The molecule has 4 aliphatic heterocycles. The number of hydrogen-bond donors (Lipinski definition) is 21. The van der Waals surface area contributed by atoms with Gasteiger partial charge in [-0.1, -0.05) is 88.4 Å². The third kappa shape index (κ3) is 35.6. The number of amides is 14. The van der Waals surface area contributed by atoms with Crippen molar-refractivity contribution in [2.24, 2.45) is 56.2 Å². The van der Waals surface area contributed by atoms with Gasteiger partial charge in [0.2, 0.25) is 82.7 Å². The molecule has 0 aromatic heterocycles. The number of likely N-dealkylation sites (tertiary alicyclic amines) is 3. The van der Waals surface area contributed by atoms with Crippen LogP contribution in [0.4, 0.5) is 0 Å². The van der Waals surface area contributed by atoms with E-state index in [1.54, 1.807) is 88.4 Å². The van der Waals surface area contributed by atoms with Crippen molar-refractivity contribution in [3.63, 3.8) is 0 Å². The molecule has 42 nitrogen and oxygen atoms in total. The van der Waals surface area contributed by atoms with E-state index in [-0.39, 0.29) is 178 Å². The second-order valence-electron chi connectivity index (χ2n) is 33.9. The molecule has 716 valence electrons. The standard InChI is InChI=1S/C86H137N23O19S/c1-50(2)44-60(101-72(115)57(30-18-39-95-86(91)92)97-74(117)58(34-43-129-5)99-70(113)54-28-16-37-93-54)75(118)98-56(29-17-38-94-85(89)90)71(114)96-55(26-12-14-35-87)73(116)105-64(45-51(3)4)82(125)107-40-19-31-66(107)80(123)104-63(48-69(111)112)78(121)106-65(49-110)79(122)103-62(47-53-24-10-7-11-25-53)77(120)102-61(46-52-22-8-6-9-23-52)76(119)100-59(27-13-15-36-88)81(124)108-41-20-32-67(108)83(126)109-42-21-33-68(109)84(127)128/h6-11,22-25,50-51,54-68,93,110H,12-21,26-49,87-88H2,1-5H3,(H,96,114)(H,97,117)(H,98,118)(H,99,113)(H,100,119)(H,101,115)(H,102,120)(H,103,122)(H,104,123)(H,105,116)(H,106,121)(H,111,112)(H,127,128)(H4,89,90,94)(H4,91,92,95)/t54-,55-,56-,57-,58-,59-,60-,61-,62-,63-,64-,65-,66-,67-,68-/m0/s1. The molecule has 2 aromatic rings. The van der Waals surface area contributed by atoms with E-state index in [9.17, 15) is 87.2 Å². The van der Waals surface area contributed by atoms with Crippen LogP contribution in [0.3, 0.4) is 0 Å². The van der Waals surface area contributed by atoms with Gasteiger partial charge in [0.15, 0.2) is 11.9 Å². The number of benzene rings is 2. The van der Waals surface area contributed by atoms with E-state index in [0.717, 1.165) is 11.3 Å². The number of nitrogens with zero attached hydrogens (tertiary/aromatic N) is 5. The molecular weight excluding hydrogens is 1690 g/mol. The predicted octanol–water partition coefficient (Wildman–Crippen LogP) is -3.71. The average molecular weight is 1830 g/mol. The smallest absolute Gasteiger partial charge is 0.326 e. The van der Waals surface area contributed by atoms with Gasteiger partial charge in [-0.2, -0.15) is 11.8 Å². The minimum absolute atomic E-state index is 0.0117. The molecule has 6 rings (SSSR count). The van der Waals surface area contributed by atoms with E-state index < -0.39 is 192 Å². The molecule has 0 saturated carbocycles. The highest BCUT2D eigenvalue weighted by atomic mass is 32.2. The van der Waals surface area contributed by atoms with Crippen molar-refractivity contribution < 1.29 is 92.0 Å². The molecule has 43 heteroatoms. The molecule has 2 aromatic carbocycles. The van der Waals surface area contributed by atoms with Crippen LogP contribution in [0.1, 0.15) is 180 Å². The first kappa shape index (κ1) is 106. The Hall–Kier alpha value is -11.3. The van der Waals surface area contributed by atoms with Gasteiger partial charge < -0.3 is 128 Å². The third-order valence-corrected chi connectivity index (χ3v) is 23.4. The quantitative estimate of drug-likeness (QED) is 0.0172. The van der Waals surface area contributed by atoms with Crippen LogP contribution in [0.2, 0.25) is 0 Å². The van der Waals surface area contributed by atoms with Gasteiger partial charge in [-0.3, -0.25) is 81.9 Å². The fourth-order valence-electron chi connectivity index (χ4n) is 16.0. The van der Waals surface area contributed by atoms with Crippen LogP contribution in [-0.4, -0.2) is 298 Å². The highest BCUT2D eigenvalue weighted by Gasteiger charge is 2.46. The van der Waals surface area contributed by atoms with Crippen LogP contribution in [0, 0.1) is 11.8 Å². The SMILES string of the molecule is CSCC[C@H](NC(=O)[C@@H]1CCCN1)C(=O)N[C@@H](CCCN=C(N)N)C(=O)N[C@@H](CC(C)C)C(=O)N[C@@H](CCCN=C(N)N)C(=O)N[C@@H](CCCCN)C(=O)N[C@@H](CC(C)C)C(=O)N1CCC[C@H]1C(=O)N[C@@H](CC(=O)O)C(=O)N[C@@H](CO)C(=O)N[C@@H](Cc1ccccc1)C(=O)N[C@@H](Cc1ccccc1)C(=O)N[C@@H](CCCCN)C(=O)N1CCC[C@H]1C(=O)N1CCC[C@H]1C(=O)O. The minimum atomic E-state index is -1.99. The largest absolute Gasteiger partial charge is 0.481 e. The number of hydrogen-bond acceptors (Lipinski definition) is 23. The van der Waals surface area contributed by atoms with Crippen molar-refractivity contribution in [3.8, 4) is 0 Å². The first-order valence-electron chi connectivity index (χ1n) is 44.7. The maximum Gasteiger partial charge on any atom is 0.326 e. The fraction of sp³-hybridized carbons (Fsp3) is 0.651. The molecule has 0 bridgehead atoms. The summed E-state index contributed by atoms with van der Waals surface area (Å²) >= 11 is 1.45. The summed E-state index contributed by atoms with van der Waals surface area (Å²) in [6.07, 6.45) is 5.01. The highest BCUT2D eigenvalue weighted by molar-refractivity contribution is 7.98. The summed E-state index contributed by atoms with van der Waals surface area (Å²) in [5, 5.41) is 63.6. The number of thioether (sulfide) groups is 1. The molecule has 4 saturated heterocycles. The number of carbonyl (C=O) groups excluding carboxylic acids is 14. The van der Waals surface area contributed by atoms with Gasteiger partial charge >= 0.3 is 11.9 Å². The Morgan fingerprint density at radius 3 is 1.26 bits per heavy atom. The zero-order valence-electron chi connectivity index (χ0n) is 74.6. The molecule has 0 aliphatic carbocycles. The number of nitrogens with two attached hydrogens (primary N) is 6. The van der Waals surface area contributed by atoms with E-state index in [4.69, 9.17) is 34.4 Å². The first-order chi connectivity index (χ1) is 61.6. The summed E-state index contributed by atoms with van der Waals surface area (Å²) in [6.45, 7) is 7.32. The Bertz CT molecular complexity index is 4120. The fourth-order valence-corrected chi connectivity index (χ4v) is 16.5. The number of guanidine groups is 2. The molecule has 4 aliphatic rings. The Morgan fingerprint density at radius 1 is 0.426 bits per heavy atom. The molecule has 14 amide bonds. The second-order valence-corrected chi connectivity index (χ2v) is 34.9. The molecule has 0 spiro atoms. The molecule has 4 heterocycles. The van der Waals surface area contributed by atoms with Crippen molar-refractivity contribution in [1.29, 1.82) is 0 Å². The summed E-state index contributed by atoms with van der Waals surface area (Å²) in [7, 11) is 0. The van der Waals surface area contributed by atoms with Crippen LogP contribution >= 0.6 is 11.8 Å². The Balaban J connectivity index is 1.19. The molecule has 27 N–H and O–H groups in total. The highest BCUT2D eigenvalue weighted by Crippen LogP contribution is 2.28. The zero-order chi connectivity index (χ0) is 94.8. The second kappa shape index (κ2) is 55.5. The zero-order valence-corrected chi connectivity index (χ0v) is 75.4. The van der Waals surface area contributed by atoms with Gasteiger partial charge in [-0.05, 0) is 189 Å². The van der Waals surface area contributed by atoms with Gasteiger partial charge in [0.1, 0.15) is 84.6 Å². The Morgan fingerprint density at radius 2 is 0.806 bits per heavy atom. The van der Waals surface area contributed by atoms with E-state index in [0.29, 0.717) is 61.9 Å². The monoisotopic (exact) mass is 1830 g/mol. The molecule has 15 atom stereocenters. The Labute approximate surface area is 756 Å². The third-order valence-electron chi connectivity index (χ3n) is 22.7. The van der Waals surface area contributed by atoms with Gasteiger partial charge in [-0.15, -0.1) is 0 Å². The normalized spacial score (nSPS) is 18.5. The number of nitrogens with one attached hydrogen (secondary N) is 12.